The van der Waals surface area contributed by atoms with Gasteiger partial charge in [-0.2, -0.15) is 0 Å². The van der Waals surface area contributed by atoms with Crippen molar-refractivity contribution >= 4 is 5.91 Å². The second-order valence-electron chi connectivity index (χ2n) is 5.96. The van der Waals surface area contributed by atoms with Gasteiger partial charge in [-0.1, -0.05) is 24.3 Å². The number of aryl methyl sites for hydroxylation is 1. The average Bonchev–Trinajstić information content (AvgIpc) is 3.07. The molecule has 3 N–H and O–H groups in total. The molecule has 1 aliphatic carbocycles. The Bertz CT molecular complexity index is 622. The zero-order chi connectivity index (χ0) is 15.4. The first-order valence-electron chi connectivity index (χ1n) is 7.98. The highest BCUT2D eigenvalue weighted by Crippen LogP contribution is 2.29. The molecule has 0 spiro atoms. The van der Waals surface area contributed by atoms with E-state index in [0.717, 1.165) is 25.0 Å². The summed E-state index contributed by atoms with van der Waals surface area (Å²) in [5, 5.41) is 5.18. The molecule has 0 radical (unpaired) electrons. The molecule has 2 aromatic rings. The van der Waals surface area contributed by atoms with Crippen LogP contribution in [0.15, 0.2) is 47.1 Å². The van der Waals surface area contributed by atoms with E-state index in [-0.39, 0.29) is 18.0 Å². The quantitative estimate of drug-likeness (QED) is 0.888. The predicted octanol–water partition coefficient (Wildman–Crippen LogP) is 2.10. The summed E-state index contributed by atoms with van der Waals surface area (Å²) in [5.41, 5.74) is 2.65. The number of amides is 1. The summed E-state index contributed by atoms with van der Waals surface area (Å²) in [6.45, 7) is 2.46. The molecule has 4 nitrogen and oxygen atoms in total. The molecule has 0 aliphatic heterocycles. The maximum absolute atomic E-state index is 12.2. The molecule has 1 amide bonds. The van der Waals surface area contributed by atoms with Crippen LogP contribution in [0.5, 0.6) is 0 Å². The molecule has 0 saturated heterocycles. The highest BCUT2D eigenvalue weighted by atomic mass is 16.3. The number of hydrogen-bond donors (Lipinski definition) is 2. The fourth-order valence-corrected chi connectivity index (χ4v) is 3.11. The van der Waals surface area contributed by atoms with E-state index in [0.29, 0.717) is 6.54 Å². The number of hydrogen-bond acceptors (Lipinski definition) is 2. The first-order chi connectivity index (χ1) is 10.7. The molecule has 4 heteroatoms. The Kier molecular flexibility index (Phi) is 4.59. The van der Waals surface area contributed by atoms with Crippen molar-refractivity contribution in [3.8, 4) is 0 Å². The number of carbonyl (C=O) groups is 1. The topological polar surface area (TPSA) is 58.9 Å². The van der Waals surface area contributed by atoms with Crippen LogP contribution in [-0.4, -0.2) is 12.5 Å². The molecule has 1 aromatic heterocycles. The molecule has 0 unspecified atom stereocenters. The Balaban J connectivity index is 1.54. The molecule has 2 atom stereocenters. The van der Waals surface area contributed by atoms with E-state index < -0.39 is 0 Å². The highest BCUT2D eigenvalue weighted by molar-refractivity contribution is 5.77. The van der Waals surface area contributed by atoms with Crippen LogP contribution >= 0.6 is 0 Å². The van der Waals surface area contributed by atoms with Crippen molar-refractivity contribution in [3.05, 3.63) is 59.5 Å². The van der Waals surface area contributed by atoms with Gasteiger partial charge < -0.3 is 15.1 Å². The third kappa shape index (κ3) is 3.39. The Labute approximate surface area is 130 Å². The number of nitrogens with one attached hydrogen (secondary N) is 1. The Hall–Kier alpha value is -2.07. The number of nitrogens with two attached hydrogens (primary N) is 1. The van der Waals surface area contributed by atoms with Crippen molar-refractivity contribution < 1.29 is 14.5 Å². The lowest BCUT2D eigenvalue weighted by Gasteiger charge is -2.26. The number of benzene rings is 1. The molecule has 1 aromatic carbocycles. The lowest BCUT2D eigenvalue weighted by Crippen LogP contribution is -2.87. The van der Waals surface area contributed by atoms with Crippen LogP contribution in [0.2, 0.25) is 0 Å². The molecule has 1 aliphatic rings. The number of furan rings is 1. The van der Waals surface area contributed by atoms with Crippen LogP contribution in [0.1, 0.15) is 48.7 Å². The van der Waals surface area contributed by atoms with Crippen LogP contribution < -0.4 is 10.6 Å². The molecular formula is C18H23N2O2+. The normalized spacial score (nSPS) is 18.5. The summed E-state index contributed by atoms with van der Waals surface area (Å²) in [4.78, 5) is 12.2. The van der Waals surface area contributed by atoms with Gasteiger partial charge in [0.25, 0.3) is 5.91 Å². The first kappa shape index (κ1) is 14.9. The van der Waals surface area contributed by atoms with E-state index in [1.807, 2.05) is 24.4 Å². The molecule has 0 bridgehead atoms. The minimum Gasteiger partial charge on any atom is -0.463 e. The lowest BCUT2D eigenvalue weighted by atomic mass is 9.88. The second kappa shape index (κ2) is 6.79. The smallest absolute Gasteiger partial charge is 0.275 e. The summed E-state index contributed by atoms with van der Waals surface area (Å²) in [6, 6.07) is 12.5. The summed E-state index contributed by atoms with van der Waals surface area (Å²) in [6.07, 6.45) is 4.94. The van der Waals surface area contributed by atoms with E-state index in [4.69, 9.17) is 4.42 Å². The summed E-state index contributed by atoms with van der Waals surface area (Å²) >= 11 is 0. The molecule has 0 saturated carbocycles. The zero-order valence-electron chi connectivity index (χ0n) is 12.9. The molecule has 3 rings (SSSR count). The Morgan fingerprint density at radius 3 is 3.05 bits per heavy atom. The fraction of sp³-hybridized carbons (Fsp3) is 0.389. The largest absolute Gasteiger partial charge is 0.463 e. The minimum atomic E-state index is 0.0834. The van der Waals surface area contributed by atoms with Crippen LogP contribution in [0, 0.1) is 0 Å². The van der Waals surface area contributed by atoms with E-state index in [2.05, 4.69) is 29.6 Å². The zero-order valence-corrected chi connectivity index (χ0v) is 12.9. The Morgan fingerprint density at radius 1 is 1.36 bits per heavy atom. The summed E-state index contributed by atoms with van der Waals surface area (Å²) in [5.74, 6) is 0.982. The number of carbonyl (C=O) groups excluding carboxylic acids is 1. The fourth-order valence-electron chi connectivity index (χ4n) is 3.11. The van der Waals surface area contributed by atoms with Crippen LogP contribution in [0.25, 0.3) is 0 Å². The van der Waals surface area contributed by atoms with E-state index >= 15 is 0 Å². The predicted molar refractivity (Wildman–Crippen MR) is 84.2 cm³/mol. The van der Waals surface area contributed by atoms with Crippen LogP contribution in [0.3, 0.4) is 0 Å². The first-order valence-corrected chi connectivity index (χ1v) is 7.98. The van der Waals surface area contributed by atoms with Crippen LogP contribution in [-0.2, 0) is 11.2 Å². The van der Waals surface area contributed by atoms with Gasteiger partial charge in [0.1, 0.15) is 6.04 Å². The van der Waals surface area contributed by atoms with Gasteiger partial charge in [-0.3, -0.25) is 4.79 Å². The number of quaternary nitrogens is 1. The maximum Gasteiger partial charge on any atom is 0.275 e. The van der Waals surface area contributed by atoms with Gasteiger partial charge in [0.2, 0.25) is 0 Å². The van der Waals surface area contributed by atoms with Gasteiger partial charge in [-0.25, -0.2) is 0 Å². The maximum atomic E-state index is 12.2. The minimum absolute atomic E-state index is 0.0834. The lowest BCUT2D eigenvalue weighted by molar-refractivity contribution is -0.684. The van der Waals surface area contributed by atoms with E-state index in [1.165, 1.54) is 11.1 Å². The standard InChI is InChI=1S/C18H22N2O2/c1-13(17-10-5-11-22-17)19-12-18(21)20-16-9-4-7-14-6-2-3-8-15(14)16/h2-3,5-6,8,10-11,13,16,19H,4,7,9,12H2,1H3,(H,20,21)/p+1/t13-,16-/m1/s1. The van der Waals surface area contributed by atoms with Gasteiger partial charge in [-0.15, -0.1) is 0 Å². The SMILES string of the molecule is C[C@@H]([NH2+]CC(=O)N[C@@H]1CCCc2ccccc21)c1ccco1. The molecule has 116 valence electrons. The molecule has 0 fully saturated rings. The van der Waals surface area contributed by atoms with Crippen molar-refractivity contribution in [1.82, 2.24) is 5.32 Å². The van der Waals surface area contributed by atoms with Gasteiger partial charge in [-0.05, 0) is 49.4 Å². The van der Waals surface area contributed by atoms with Gasteiger partial charge in [0, 0.05) is 0 Å². The molecule has 1 heterocycles. The van der Waals surface area contributed by atoms with Gasteiger partial charge in [0.15, 0.2) is 12.3 Å². The highest BCUT2D eigenvalue weighted by Gasteiger charge is 2.22. The second-order valence-corrected chi connectivity index (χ2v) is 5.96. The van der Waals surface area contributed by atoms with Crippen molar-refractivity contribution in [3.63, 3.8) is 0 Å². The van der Waals surface area contributed by atoms with E-state index in [1.54, 1.807) is 6.26 Å². The summed E-state index contributed by atoms with van der Waals surface area (Å²) < 4.78 is 5.36. The van der Waals surface area contributed by atoms with Crippen LogP contribution in [0.4, 0.5) is 0 Å². The Morgan fingerprint density at radius 2 is 2.23 bits per heavy atom. The van der Waals surface area contributed by atoms with Crippen molar-refractivity contribution in [2.24, 2.45) is 0 Å². The number of rotatable bonds is 5. The number of fused-ring (bicyclic) bond motifs is 1. The van der Waals surface area contributed by atoms with Gasteiger partial charge in [0.05, 0.1) is 12.3 Å². The third-order valence-electron chi connectivity index (χ3n) is 4.35. The molecule has 22 heavy (non-hydrogen) atoms. The van der Waals surface area contributed by atoms with Crippen molar-refractivity contribution in [1.29, 1.82) is 0 Å². The molecular weight excluding hydrogens is 276 g/mol. The average molecular weight is 299 g/mol. The third-order valence-corrected chi connectivity index (χ3v) is 4.35. The summed E-state index contributed by atoms with van der Waals surface area (Å²) in [7, 11) is 0. The van der Waals surface area contributed by atoms with Crippen molar-refractivity contribution in [2.45, 2.75) is 38.3 Å². The van der Waals surface area contributed by atoms with Gasteiger partial charge >= 0.3 is 0 Å². The van der Waals surface area contributed by atoms with Crippen molar-refractivity contribution in [2.75, 3.05) is 6.54 Å². The monoisotopic (exact) mass is 299 g/mol. The van der Waals surface area contributed by atoms with E-state index in [9.17, 15) is 4.79 Å².